The van der Waals surface area contributed by atoms with E-state index in [0.717, 1.165) is 19.2 Å². The summed E-state index contributed by atoms with van der Waals surface area (Å²) in [6.45, 7) is 0. The van der Waals surface area contributed by atoms with Gasteiger partial charge in [0, 0.05) is 24.4 Å². The molecule has 0 fully saturated rings. The Balaban J connectivity index is 2.83. The Bertz CT molecular complexity index is 452. The van der Waals surface area contributed by atoms with Crippen molar-refractivity contribution < 1.29 is 4.39 Å². The molecule has 0 bridgehead atoms. The number of benzene rings is 1. The van der Waals surface area contributed by atoms with Crippen molar-refractivity contribution in [3.05, 3.63) is 32.5 Å². The highest BCUT2D eigenvalue weighted by atomic mass is 127. The molecule has 0 atom stereocenters. The maximum atomic E-state index is 13.7. The summed E-state index contributed by atoms with van der Waals surface area (Å²) in [5.74, 6) is -0.0833. The largest absolute Gasteiger partial charge is 0.206 e. The lowest BCUT2D eigenvalue weighted by Crippen LogP contribution is -1.86. The summed E-state index contributed by atoms with van der Waals surface area (Å²) in [4.78, 5) is 0. The van der Waals surface area contributed by atoms with Crippen LogP contribution in [0.3, 0.4) is 0 Å². The summed E-state index contributed by atoms with van der Waals surface area (Å²) >= 11 is 7.02. The van der Waals surface area contributed by atoms with Gasteiger partial charge in [0.05, 0.1) is 0 Å². The van der Waals surface area contributed by atoms with E-state index in [-0.39, 0.29) is 5.82 Å². The van der Waals surface area contributed by atoms with Gasteiger partial charge in [-0.2, -0.15) is 0 Å². The maximum Gasteiger partial charge on any atom is 0.136 e. The molecule has 0 N–H and O–H groups in total. The first kappa shape index (κ1) is 9.86. The first-order valence-electron chi connectivity index (χ1n) is 3.64. The zero-order valence-electron chi connectivity index (χ0n) is 6.48. The SMILES string of the molecule is Fc1c(CBr)ccc2scc(I)c12. The second kappa shape index (κ2) is 3.82. The van der Waals surface area contributed by atoms with Gasteiger partial charge in [0.1, 0.15) is 5.82 Å². The van der Waals surface area contributed by atoms with E-state index < -0.39 is 0 Å². The minimum Gasteiger partial charge on any atom is -0.206 e. The molecule has 1 heterocycles. The van der Waals surface area contributed by atoms with Gasteiger partial charge in [-0.25, -0.2) is 4.39 Å². The molecule has 2 rings (SSSR count). The van der Waals surface area contributed by atoms with Gasteiger partial charge in [-0.3, -0.25) is 0 Å². The lowest BCUT2D eigenvalue weighted by atomic mass is 10.2. The molecule has 0 aliphatic carbocycles. The van der Waals surface area contributed by atoms with E-state index in [9.17, 15) is 4.39 Å². The second-order valence-electron chi connectivity index (χ2n) is 2.63. The first-order valence-corrected chi connectivity index (χ1v) is 6.72. The van der Waals surface area contributed by atoms with Crippen molar-refractivity contribution in [2.24, 2.45) is 0 Å². The summed E-state index contributed by atoms with van der Waals surface area (Å²) in [6, 6.07) is 3.81. The summed E-state index contributed by atoms with van der Waals surface area (Å²) in [5.41, 5.74) is 0.726. The third kappa shape index (κ3) is 1.64. The Morgan fingerprint density at radius 3 is 2.92 bits per heavy atom. The molecule has 0 spiro atoms. The smallest absolute Gasteiger partial charge is 0.136 e. The molecule has 2 aromatic rings. The van der Waals surface area contributed by atoms with Gasteiger partial charge in [0.2, 0.25) is 0 Å². The predicted molar refractivity (Wildman–Crippen MR) is 67.1 cm³/mol. The average Bonchev–Trinajstić information content (AvgIpc) is 2.49. The Kier molecular flexibility index (Phi) is 2.90. The molecular formula is C9H5BrFIS. The van der Waals surface area contributed by atoms with Gasteiger partial charge in [0.25, 0.3) is 0 Å². The van der Waals surface area contributed by atoms with Crippen LogP contribution >= 0.6 is 49.9 Å². The number of rotatable bonds is 1. The van der Waals surface area contributed by atoms with Gasteiger partial charge < -0.3 is 0 Å². The Morgan fingerprint density at radius 2 is 2.23 bits per heavy atom. The number of fused-ring (bicyclic) bond motifs is 1. The van der Waals surface area contributed by atoms with E-state index >= 15 is 0 Å². The lowest BCUT2D eigenvalue weighted by Gasteiger charge is -1.99. The highest BCUT2D eigenvalue weighted by Gasteiger charge is 2.10. The fraction of sp³-hybridized carbons (Fsp3) is 0.111. The third-order valence-electron chi connectivity index (χ3n) is 1.86. The molecule has 1 aromatic carbocycles. The van der Waals surface area contributed by atoms with Crippen LogP contribution in [0.5, 0.6) is 0 Å². The van der Waals surface area contributed by atoms with E-state index in [1.807, 2.05) is 17.5 Å². The molecular weight excluding hydrogens is 366 g/mol. The summed E-state index contributed by atoms with van der Waals surface area (Å²) in [7, 11) is 0. The van der Waals surface area contributed by atoms with Gasteiger partial charge >= 0.3 is 0 Å². The summed E-state index contributed by atoms with van der Waals surface area (Å²) < 4.78 is 15.8. The van der Waals surface area contributed by atoms with Crippen LogP contribution in [0, 0.1) is 9.39 Å². The monoisotopic (exact) mass is 370 g/mol. The van der Waals surface area contributed by atoms with Crippen molar-refractivity contribution >= 4 is 59.9 Å². The third-order valence-corrected chi connectivity index (χ3v) is 4.68. The molecule has 4 heteroatoms. The van der Waals surface area contributed by atoms with Crippen LogP contribution in [0.25, 0.3) is 10.1 Å². The molecule has 0 aliphatic heterocycles. The molecule has 0 radical (unpaired) electrons. The predicted octanol–water partition coefficient (Wildman–Crippen LogP) is 4.54. The lowest BCUT2D eigenvalue weighted by molar-refractivity contribution is 0.630. The molecule has 0 saturated heterocycles. The molecule has 1 aromatic heterocycles. The fourth-order valence-electron chi connectivity index (χ4n) is 1.20. The number of hydrogen-bond acceptors (Lipinski definition) is 1. The van der Waals surface area contributed by atoms with Gasteiger partial charge in [-0.1, -0.05) is 22.0 Å². The average molecular weight is 371 g/mol. The van der Waals surface area contributed by atoms with Crippen LogP contribution in [0.15, 0.2) is 17.5 Å². The Labute approximate surface area is 101 Å². The van der Waals surface area contributed by atoms with E-state index in [0.29, 0.717) is 5.33 Å². The molecule has 0 saturated carbocycles. The Hall–Kier alpha value is 0.320. The van der Waals surface area contributed by atoms with Crippen LogP contribution < -0.4 is 0 Å². The second-order valence-corrected chi connectivity index (χ2v) is 5.26. The molecule has 0 unspecified atom stereocenters. The summed E-state index contributed by atoms with van der Waals surface area (Å²) in [6.07, 6.45) is 0. The zero-order chi connectivity index (χ0) is 9.42. The van der Waals surface area contributed by atoms with Crippen molar-refractivity contribution in [3.8, 4) is 0 Å². The molecule has 0 amide bonds. The fourth-order valence-corrected chi connectivity index (χ4v) is 3.54. The van der Waals surface area contributed by atoms with E-state index in [4.69, 9.17) is 0 Å². The van der Waals surface area contributed by atoms with Crippen molar-refractivity contribution in [2.75, 3.05) is 0 Å². The van der Waals surface area contributed by atoms with Crippen LogP contribution in [0.2, 0.25) is 0 Å². The van der Waals surface area contributed by atoms with Gasteiger partial charge in [-0.05, 0) is 34.2 Å². The van der Waals surface area contributed by atoms with Gasteiger partial charge in [0.15, 0.2) is 0 Å². The number of alkyl halides is 1. The zero-order valence-corrected chi connectivity index (χ0v) is 11.0. The normalized spacial score (nSPS) is 11.0. The van der Waals surface area contributed by atoms with E-state index in [1.165, 1.54) is 0 Å². The maximum absolute atomic E-state index is 13.7. The minimum atomic E-state index is -0.0833. The molecule has 68 valence electrons. The Morgan fingerprint density at radius 1 is 1.46 bits per heavy atom. The molecule has 0 nitrogen and oxygen atoms in total. The molecule has 13 heavy (non-hydrogen) atoms. The minimum absolute atomic E-state index is 0.0833. The standard InChI is InChI=1S/C9H5BrFIS/c10-3-5-1-2-7-8(9(5)11)6(12)4-13-7/h1-2,4H,3H2. The highest BCUT2D eigenvalue weighted by Crippen LogP contribution is 2.31. The van der Waals surface area contributed by atoms with E-state index in [2.05, 4.69) is 38.5 Å². The molecule has 0 aliphatic rings. The quantitative estimate of drug-likeness (QED) is 0.510. The van der Waals surface area contributed by atoms with Crippen molar-refractivity contribution in [1.82, 2.24) is 0 Å². The number of halogens is 3. The van der Waals surface area contributed by atoms with E-state index in [1.54, 1.807) is 11.3 Å². The van der Waals surface area contributed by atoms with Crippen LogP contribution in [0.1, 0.15) is 5.56 Å². The number of thiophene rings is 1. The van der Waals surface area contributed by atoms with Crippen molar-refractivity contribution in [1.29, 1.82) is 0 Å². The number of hydrogen-bond donors (Lipinski definition) is 0. The highest BCUT2D eigenvalue weighted by molar-refractivity contribution is 14.1. The van der Waals surface area contributed by atoms with Gasteiger partial charge in [-0.15, -0.1) is 11.3 Å². The van der Waals surface area contributed by atoms with Crippen molar-refractivity contribution in [2.45, 2.75) is 5.33 Å². The van der Waals surface area contributed by atoms with Crippen LogP contribution in [-0.2, 0) is 5.33 Å². The topological polar surface area (TPSA) is 0 Å². The van der Waals surface area contributed by atoms with Crippen LogP contribution in [0.4, 0.5) is 4.39 Å². The first-order chi connectivity index (χ1) is 6.24. The van der Waals surface area contributed by atoms with Crippen molar-refractivity contribution in [3.63, 3.8) is 0 Å². The summed E-state index contributed by atoms with van der Waals surface area (Å²) in [5, 5.41) is 3.31. The van der Waals surface area contributed by atoms with Crippen LogP contribution in [-0.4, -0.2) is 0 Å².